The van der Waals surface area contributed by atoms with Crippen LogP contribution in [0.5, 0.6) is 5.75 Å². The minimum Gasteiger partial charge on any atom is -0.492 e. The summed E-state index contributed by atoms with van der Waals surface area (Å²) in [6, 6.07) is 17.5. The van der Waals surface area contributed by atoms with Crippen molar-refractivity contribution in [3.63, 3.8) is 0 Å². The third kappa shape index (κ3) is 6.32. The summed E-state index contributed by atoms with van der Waals surface area (Å²) in [6.45, 7) is 5.56. The van der Waals surface area contributed by atoms with Crippen molar-refractivity contribution in [1.82, 2.24) is 5.32 Å². The maximum Gasteiger partial charge on any atom is 0.264 e. The van der Waals surface area contributed by atoms with Gasteiger partial charge in [-0.3, -0.25) is 9.10 Å². The van der Waals surface area contributed by atoms with Crippen molar-refractivity contribution in [2.24, 2.45) is 0 Å². The van der Waals surface area contributed by atoms with Crippen LogP contribution in [0.2, 0.25) is 0 Å². The molecule has 0 unspecified atom stereocenters. The van der Waals surface area contributed by atoms with Gasteiger partial charge >= 0.3 is 0 Å². The van der Waals surface area contributed by atoms with Gasteiger partial charge < -0.3 is 10.1 Å². The van der Waals surface area contributed by atoms with Crippen LogP contribution < -0.4 is 14.4 Å². The Balaban J connectivity index is 1.74. The average Bonchev–Trinajstić information content (AvgIpc) is 2.77. The van der Waals surface area contributed by atoms with E-state index in [0.717, 1.165) is 21.0 Å². The number of amides is 1. The molecule has 3 aromatic rings. The van der Waals surface area contributed by atoms with Crippen LogP contribution >= 0.6 is 0 Å². The number of anilines is 1. The Hall–Kier alpha value is -3.39. The minimum absolute atomic E-state index is 0.112. The largest absolute Gasteiger partial charge is 0.492 e. The Bertz CT molecular complexity index is 1210. The lowest BCUT2D eigenvalue weighted by Gasteiger charge is -2.26. The maximum absolute atomic E-state index is 13.4. The lowest BCUT2D eigenvalue weighted by atomic mass is 10.1. The highest BCUT2D eigenvalue weighted by atomic mass is 32.2. The van der Waals surface area contributed by atoms with Crippen LogP contribution in [0.25, 0.3) is 0 Å². The Morgan fingerprint density at radius 1 is 0.939 bits per heavy atom. The van der Waals surface area contributed by atoms with Gasteiger partial charge in [-0.05, 0) is 68.8 Å². The van der Waals surface area contributed by atoms with Gasteiger partial charge in [0, 0.05) is 0 Å². The Morgan fingerprint density at radius 3 is 2.21 bits per heavy atom. The lowest BCUT2D eigenvalue weighted by molar-refractivity contribution is -0.119. The molecule has 1 N–H and O–H groups in total. The summed E-state index contributed by atoms with van der Waals surface area (Å²) >= 11 is 0. The van der Waals surface area contributed by atoms with Crippen LogP contribution in [0.15, 0.2) is 71.6 Å². The molecule has 0 saturated heterocycles. The predicted molar refractivity (Wildman–Crippen MR) is 127 cm³/mol. The fourth-order valence-electron chi connectivity index (χ4n) is 3.30. The summed E-state index contributed by atoms with van der Waals surface area (Å²) in [5, 5.41) is 2.68. The van der Waals surface area contributed by atoms with E-state index in [0.29, 0.717) is 11.4 Å². The highest BCUT2D eigenvalue weighted by molar-refractivity contribution is 7.92. The number of sulfonamides is 1. The maximum atomic E-state index is 13.4. The highest BCUT2D eigenvalue weighted by Gasteiger charge is 2.28. The van der Waals surface area contributed by atoms with E-state index in [9.17, 15) is 17.6 Å². The number of aryl methyl sites for hydroxylation is 3. The van der Waals surface area contributed by atoms with Crippen molar-refractivity contribution < 1.29 is 22.3 Å². The topological polar surface area (TPSA) is 75.7 Å². The third-order valence-corrected chi connectivity index (χ3v) is 6.80. The molecule has 3 rings (SSSR count). The second-order valence-electron chi connectivity index (χ2n) is 7.77. The van der Waals surface area contributed by atoms with E-state index >= 15 is 0 Å². The van der Waals surface area contributed by atoms with Crippen LogP contribution in [-0.4, -0.2) is 34.0 Å². The molecule has 0 atom stereocenters. The molecular formula is C25H27FN2O4S. The van der Waals surface area contributed by atoms with E-state index in [2.05, 4.69) is 5.32 Å². The molecule has 8 heteroatoms. The van der Waals surface area contributed by atoms with E-state index in [-0.39, 0.29) is 30.4 Å². The molecule has 0 radical (unpaired) electrons. The summed E-state index contributed by atoms with van der Waals surface area (Å²) in [4.78, 5) is 12.8. The molecule has 1 amide bonds. The van der Waals surface area contributed by atoms with E-state index in [1.54, 1.807) is 18.2 Å². The summed E-state index contributed by atoms with van der Waals surface area (Å²) in [5.41, 5.74) is 3.12. The Labute approximate surface area is 194 Å². The molecule has 0 aliphatic carbocycles. The second-order valence-corrected chi connectivity index (χ2v) is 9.63. The lowest BCUT2D eigenvalue weighted by Crippen LogP contribution is -2.42. The van der Waals surface area contributed by atoms with Gasteiger partial charge in [-0.15, -0.1) is 0 Å². The number of ether oxygens (including phenoxy) is 1. The van der Waals surface area contributed by atoms with Crippen LogP contribution in [0, 0.1) is 26.6 Å². The smallest absolute Gasteiger partial charge is 0.264 e. The molecule has 0 aliphatic heterocycles. The predicted octanol–water partition coefficient (Wildman–Crippen LogP) is 4.14. The molecule has 174 valence electrons. The number of nitrogens with one attached hydrogen (secondary N) is 1. The summed E-state index contributed by atoms with van der Waals surface area (Å²) in [5.74, 6) is -0.352. The zero-order chi connectivity index (χ0) is 24.0. The third-order valence-electron chi connectivity index (χ3n) is 5.02. The Kier molecular flexibility index (Phi) is 7.71. The number of rotatable bonds is 9. The first-order valence-electron chi connectivity index (χ1n) is 10.5. The number of benzene rings is 3. The van der Waals surface area contributed by atoms with Crippen LogP contribution in [0.3, 0.4) is 0 Å². The first-order chi connectivity index (χ1) is 15.7. The first-order valence-corrected chi connectivity index (χ1v) is 11.9. The van der Waals surface area contributed by atoms with Crippen molar-refractivity contribution >= 4 is 21.6 Å². The van der Waals surface area contributed by atoms with Crippen LogP contribution in [-0.2, 0) is 14.8 Å². The summed E-state index contributed by atoms with van der Waals surface area (Å²) in [6.07, 6.45) is 0. The molecule has 0 fully saturated rings. The normalized spacial score (nSPS) is 11.2. The highest BCUT2D eigenvalue weighted by Crippen LogP contribution is 2.27. The van der Waals surface area contributed by atoms with Gasteiger partial charge in [0.2, 0.25) is 5.91 Å². The molecule has 0 bridgehead atoms. The molecule has 0 heterocycles. The number of carbonyl (C=O) groups is 1. The second kappa shape index (κ2) is 10.5. The van der Waals surface area contributed by atoms with Gasteiger partial charge in [0.25, 0.3) is 10.0 Å². The summed E-state index contributed by atoms with van der Waals surface area (Å²) < 4.78 is 46.5. The van der Waals surface area contributed by atoms with Gasteiger partial charge in [0.05, 0.1) is 17.1 Å². The van der Waals surface area contributed by atoms with E-state index in [1.807, 2.05) is 32.9 Å². The number of nitrogens with zero attached hydrogens (tertiary/aromatic N) is 1. The molecule has 0 aromatic heterocycles. The monoisotopic (exact) mass is 470 g/mol. The van der Waals surface area contributed by atoms with Gasteiger partial charge in [0.1, 0.15) is 24.7 Å². The summed E-state index contributed by atoms with van der Waals surface area (Å²) in [7, 11) is -3.97. The van der Waals surface area contributed by atoms with Crippen LogP contribution in [0.1, 0.15) is 16.7 Å². The van der Waals surface area contributed by atoms with Crippen molar-refractivity contribution in [3.05, 3.63) is 89.2 Å². The van der Waals surface area contributed by atoms with Crippen LogP contribution in [0.4, 0.5) is 10.1 Å². The molecule has 6 nitrogen and oxygen atoms in total. The van der Waals surface area contributed by atoms with Gasteiger partial charge in [-0.25, -0.2) is 12.8 Å². The first kappa shape index (κ1) is 24.3. The molecule has 33 heavy (non-hydrogen) atoms. The molecule has 3 aromatic carbocycles. The number of carbonyl (C=O) groups excluding carboxylic acids is 1. The average molecular weight is 471 g/mol. The van der Waals surface area contributed by atoms with Gasteiger partial charge in [-0.1, -0.05) is 35.4 Å². The van der Waals surface area contributed by atoms with Crippen molar-refractivity contribution in [3.8, 4) is 5.75 Å². The SMILES string of the molecule is Cc1ccc(S(=O)(=O)N(CC(=O)NCCOc2ccc(F)cc2)c2ccc(C)cc2C)cc1. The number of hydrogen-bond acceptors (Lipinski definition) is 4. The zero-order valence-electron chi connectivity index (χ0n) is 18.8. The van der Waals surface area contributed by atoms with Gasteiger partial charge in [-0.2, -0.15) is 0 Å². The molecule has 0 spiro atoms. The Morgan fingerprint density at radius 2 is 1.58 bits per heavy atom. The standard InChI is InChI=1S/C25H27FN2O4S/c1-18-4-11-23(12-5-18)33(30,31)28(24-13-6-19(2)16-20(24)3)17-25(29)27-14-15-32-22-9-7-21(26)8-10-22/h4-13,16H,14-15,17H2,1-3H3,(H,27,29). The van der Waals surface area contributed by atoms with E-state index in [1.165, 1.54) is 36.4 Å². The van der Waals surface area contributed by atoms with Crippen molar-refractivity contribution in [1.29, 1.82) is 0 Å². The van der Waals surface area contributed by atoms with Crippen molar-refractivity contribution in [2.45, 2.75) is 25.7 Å². The fraction of sp³-hybridized carbons (Fsp3) is 0.240. The molecule has 0 saturated carbocycles. The van der Waals surface area contributed by atoms with Gasteiger partial charge in [0.15, 0.2) is 0 Å². The number of hydrogen-bond donors (Lipinski definition) is 1. The quantitative estimate of drug-likeness (QED) is 0.477. The molecule has 0 aliphatic rings. The minimum atomic E-state index is -3.97. The molecular weight excluding hydrogens is 443 g/mol. The number of halogens is 1. The van der Waals surface area contributed by atoms with Crippen molar-refractivity contribution in [2.75, 3.05) is 24.0 Å². The van der Waals surface area contributed by atoms with E-state index in [4.69, 9.17) is 4.74 Å². The zero-order valence-corrected chi connectivity index (χ0v) is 19.7. The fourth-order valence-corrected chi connectivity index (χ4v) is 4.78. The van der Waals surface area contributed by atoms with E-state index < -0.39 is 15.9 Å².